The molecule has 192 valence electrons. The van der Waals surface area contributed by atoms with Crippen LogP contribution in [0.25, 0.3) is 16.8 Å². The molecule has 5 aromatic rings. The highest BCUT2D eigenvalue weighted by molar-refractivity contribution is 7.90. The first-order valence-corrected chi connectivity index (χ1v) is 14.0. The molecule has 6 rings (SSSR count). The minimum atomic E-state index is -3.83. The van der Waals surface area contributed by atoms with Gasteiger partial charge in [0.1, 0.15) is 11.6 Å². The van der Waals surface area contributed by atoms with E-state index in [1.165, 1.54) is 3.97 Å². The maximum atomic E-state index is 13.4. The van der Waals surface area contributed by atoms with Gasteiger partial charge in [0.05, 0.1) is 34.3 Å². The molecule has 0 amide bonds. The summed E-state index contributed by atoms with van der Waals surface area (Å²) in [6, 6.07) is 17.8. The first-order chi connectivity index (χ1) is 18.4. The fourth-order valence-corrected chi connectivity index (χ4v) is 6.74. The topological polar surface area (TPSA) is 115 Å². The number of nitrogens with zero attached hydrogens (tertiary/aromatic N) is 6. The fraction of sp³-hybridized carbons (Fsp3) is 0.286. The number of hydrogen-bond acceptors (Lipinski definition) is 7. The zero-order chi connectivity index (χ0) is 26.4. The largest absolute Gasteiger partial charge is 0.490 e. The predicted molar refractivity (Wildman–Crippen MR) is 141 cm³/mol. The molecule has 0 N–H and O–H groups in total. The van der Waals surface area contributed by atoms with Gasteiger partial charge in [0.2, 0.25) is 0 Å². The Labute approximate surface area is 220 Å². The van der Waals surface area contributed by atoms with Crippen LogP contribution in [0.2, 0.25) is 0 Å². The van der Waals surface area contributed by atoms with E-state index in [0.717, 1.165) is 36.4 Å². The molecule has 0 bridgehead atoms. The molecule has 10 heteroatoms. The third-order valence-electron chi connectivity index (χ3n) is 7.43. The molecular formula is C28H26N6O3S. The molecule has 38 heavy (non-hydrogen) atoms. The minimum absolute atomic E-state index is 0.00548. The maximum absolute atomic E-state index is 13.4. The smallest absolute Gasteiger partial charge is 0.269 e. The summed E-state index contributed by atoms with van der Waals surface area (Å²) in [5.74, 6) is 1.93. The van der Waals surface area contributed by atoms with Gasteiger partial charge in [-0.3, -0.25) is 4.40 Å². The summed E-state index contributed by atoms with van der Waals surface area (Å²) in [5.41, 5.74) is 3.13. The SMILES string of the molecule is CCC1CC(Oc2ccc(C#N)cc2)CC1c1nnc2cnc3c(ccn3S(=O)(=O)c3ccc(C)cc3)n12. The molecule has 1 aliphatic rings. The van der Waals surface area contributed by atoms with Crippen LogP contribution in [0.3, 0.4) is 0 Å². The average Bonchev–Trinajstić information content (AvgIpc) is 3.65. The van der Waals surface area contributed by atoms with Gasteiger partial charge in [0, 0.05) is 12.1 Å². The molecular weight excluding hydrogens is 500 g/mol. The molecule has 9 nitrogen and oxygen atoms in total. The molecule has 3 heterocycles. The minimum Gasteiger partial charge on any atom is -0.490 e. The third-order valence-corrected chi connectivity index (χ3v) is 9.11. The standard InChI is InChI=1S/C28H26N6O3S/c1-3-20-14-22(37-21-8-6-19(16-29)7-9-21)15-24(20)27-32-31-26-17-30-28-25(34(26)27)12-13-33(28)38(35,36)23-10-4-18(2)5-11-23/h4-13,17,20,22,24H,3,14-15H2,1-2H3. The quantitative estimate of drug-likeness (QED) is 0.311. The lowest BCUT2D eigenvalue weighted by molar-refractivity contribution is 0.203. The summed E-state index contributed by atoms with van der Waals surface area (Å²) in [7, 11) is -3.83. The van der Waals surface area contributed by atoms with Crippen LogP contribution in [0.15, 0.2) is 71.9 Å². The van der Waals surface area contributed by atoms with Crippen LogP contribution in [-0.2, 0) is 10.0 Å². The van der Waals surface area contributed by atoms with Crippen LogP contribution in [-0.4, -0.2) is 38.1 Å². The lowest BCUT2D eigenvalue weighted by atomic mass is 9.93. The van der Waals surface area contributed by atoms with Gasteiger partial charge in [-0.2, -0.15) is 5.26 Å². The van der Waals surface area contributed by atoms with Crippen molar-refractivity contribution >= 4 is 26.8 Å². The van der Waals surface area contributed by atoms with Crippen molar-refractivity contribution in [3.05, 3.63) is 83.9 Å². The average molecular weight is 527 g/mol. The third kappa shape index (κ3) is 4.00. The zero-order valence-electron chi connectivity index (χ0n) is 21.0. The lowest BCUT2D eigenvalue weighted by Gasteiger charge is -2.16. The van der Waals surface area contributed by atoms with E-state index in [0.29, 0.717) is 28.3 Å². The van der Waals surface area contributed by atoms with Crippen LogP contribution in [0.5, 0.6) is 5.75 Å². The Morgan fingerprint density at radius 1 is 1.05 bits per heavy atom. The molecule has 1 fully saturated rings. The summed E-state index contributed by atoms with van der Waals surface area (Å²) in [4.78, 5) is 4.66. The van der Waals surface area contributed by atoms with Crippen molar-refractivity contribution in [3.63, 3.8) is 0 Å². The summed E-state index contributed by atoms with van der Waals surface area (Å²) in [6.07, 6.45) is 5.68. The zero-order valence-corrected chi connectivity index (χ0v) is 21.8. The fourth-order valence-electron chi connectivity index (χ4n) is 5.45. The Hall–Kier alpha value is -4.23. The van der Waals surface area contributed by atoms with Crippen LogP contribution in [0, 0.1) is 24.2 Å². The molecule has 1 saturated carbocycles. The number of fused-ring (bicyclic) bond motifs is 3. The second kappa shape index (κ2) is 9.26. The lowest BCUT2D eigenvalue weighted by Crippen LogP contribution is -2.13. The Morgan fingerprint density at radius 2 is 1.82 bits per heavy atom. The summed E-state index contributed by atoms with van der Waals surface area (Å²) in [6.45, 7) is 4.08. The molecule has 3 atom stereocenters. The van der Waals surface area contributed by atoms with Crippen molar-refractivity contribution in [1.29, 1.82) is 5.26 Å². The first-order valence-electron chi connectivity index (χ1n) is 12.6. The van der Waals surface area contributed by atoms with Crippen LogP contribution < -0.4 is 4.74 Å². The highest BCUT2D eigenvalue weighted by Crippen LogP contribution is 2.43. The second-order valence-corrected chi connectivity index (χ2v) is 11.6. The Morgan fingerprint density at radius 3 is 2.53 bits per heavy atom. The van der Waals surface area contributed by atoms with Crippen molar-refractivity contribution in [3.8, 4) is 11.8 Å². The number of aryl methyl sites for hydroxylation is 1. The second-order valence-electron chi connectivity index (χ2n) is 9.77. The van der Waals surface area contributed by atoms with Crippen molar-refractivity contribution in [1.82, 2.24) is 23.6 Å². The van der Waals surface area contributed by atoms with E-state index in [1.54, 1.807) is 54.9 Å². The van der Waals surface area contributed by atoms with E-state index in [9.17, 15) is 8.42 Å². The molecule has 0 aliphatic heterocycles. The van der Waals surface area contributed by atoms with Crippen molar-refractivity contribution in [2.75, 3.05) is 0 Å². The van der Waals surface area contributed by atoms with Crippen molar-refractivity contribution in [2.45, 2.75) is 50.0 Å². The van der Waals surface area contributed by atoms with E-state index in [2.05, 4.69) is 28.2 Å². The molecule has 0 radical (unpaired) electrons. The molecule has 3 unspecified atom stereocenters. The maximum Gasteiger partial charge on any atom is 0.269 e. The molecule has 3 aromatic heterocycles. The van der Waals surface area contributed by atoms with E-state index < -0.39 is 10.0 Å². The Kier molecular flexibility index (Phi) is 5.88. The summed E-state index contributed by atoms with van der Waals surface area (Å²) >= 11 is 0. The molecule has 0 saturated heterocycles. The first kappa shape index (κ1) is 24.1. The van der Waals surface area contributed by atoms with Gasteiger partial charge in [-0.15, -0.1) is 10.2 Å². The van der Waals surface area contributed by atoms with Gasteiger partial charge in [-0.1, -0.05) is 31.0 Å². The number of benzene rings is 2. The number of aromatic nitrogens is 5. The summed E-state index contributed by atoms with van der Waals surface area (Å²) in [5, 5.41) is 18.0. The van der Waals surface area contributed by atoms with Crippen LogP contribution in [0.1, 0.15) is 49.1 Å². The van der Waals surface area contributed by atoms with E-state index >= 15 is 0 Å². The molecule has 2 aromatic carbocycles. The Bertz CT molecular complexity index is 1780. The van der Waals surface area contributed by atoms with Gasteiger partial charge in [0.15, 0.2) is 11.3 Å². The van der Waals surface area contributed by atoms with Crippen LogP contribution >= 0.6 is 0 Å². The molecule has 0 spiro atoms. The van der Waals surface area contributed by atoms with Gasteiger partial charge in [-0.25, -0.2) is 17.4 Å². The number of rotatable bonds is 6. The van der Waals surface area contributed by atoms with Gasteiger partial charge >= 0.3 is 0 Å². The van der Waals surface area contributed by atoms with Gasteiger partial charge < -0.3 is 4.74 Å². The highest BCUT2D eigenvalue weighted by Gasteiger charge is 2.38. The van der Waals surface area contributed by atoms with Gasteiger partial charge in [-0.05, 0) is 68.1 Å². The van der Waals surface area contributed by atoms with E-state index in [-0.39, 0.29) is 16.9 Å². The summed E-state index contributed by atoms with van der Waals surface area (Å²) < 4.78 is 36.3. The Balaban J connectivity index is 1.37. The van der Waals surface area contributed by atoms with Crippen molar-refractivity contribution < 1.29 is 13.2 Å². The normalized spacial score (nSPS) is 19.7. The number of nitriles is 1. The van der Waals surface area contributed by atoms with Crippen LogP contribution in [0.4, 0.5) is 0 Å². The predicted octanol–water partition coefficient (Wildman–Crippen LogP) is 4.85. The monoisotopic (exact) mass is 526 g/mol. The number of hydrogen-bond donors (Lipinski definition) is 0. The van der Waals surface area contributed by atoms with Crippen molar-refractivity contribution in [2.24, 2.45) is 5.92 Å². The van der Waals surface area contributed by atoms with E-state index in [1.807, 2.05) is 23.5 Å². The molecule has 1 aliphatic carbocycles. The number of ether oxygens (including phenoxy) is 1. The van der Waals surface area contributed by atoms with E-state index in [4.69, 9.17) is 10.00 Å². The highest BCUT2D eigenvalue weighted by atomic mass is 32.2. The van der Waals surface area contributed by atoms with Gasteiger partial charge in [0.25, 0.3) is 10.0 Å².